The van der Waals surface area contributed by atoms with Crippen molar-refractivity contribution in [2.24, 2.45) is 7.05 Å². The second kappa shape index (κ2) is 5.54. The molecule has 4 aromatic rings. The van der Waals surface area contributed by atoms with E-state index in [1.807, 2.05) is 41.9 Å². The fraction of sp³-hybridized carbons (Fsp3) is 0.0588. The molecule has 0 fully saturated rings. The highest BCUT2D eigenvalue weighted by Gasteiger charge is 2.12. The highest BCUT2D eigenvalue weighted by Crippen LogP contribution is 2.18. The summed E-state index contributed by atoms with van der Waals surface area (Å²) in [5.41, 5.74) is 2.24. The van der Waals surface area contributed by atoms with Crippen LogP contribution in [0.3, 0.4) is 0 Å². The minimum absolute atomic E-state index is 0.218. The third-order valence-corrected chi connectivity index (χ3v) is 4.14. The molecular formula is C17H13N5OS. The number of benzene rings is 2. The molecule has 4 rings (SSSR count). The van der Waals surface area contributed by atoms with Gasteiger partial charge in [0.25, 0.3) is 5.56 Å². The molecular weight excluding hydrogens is 322 g/mol. The minimum atomic E-state index is -0.218. The maximum Gasteiger partial charge on any atom is 0.259 e. The zero-order valence-electron chi connectivity index (χ0n) is 12.8. The predicted octanol–water partition coefficient (Wildman–Crippen LogP) is 2.60. The largest absolute Gasteiger partial charge is 0.313 e. The average molecular weight is 335 g/mol. The van der Waals surface area contributed by atoms with Crippen LogP contribution in [0.5, 0.6) is 0 Å². The summed E-state index contributed by atoms with van der Waals surface area (Å²) in [5.74, 6) is 0.915. The van der Waals surface area contributed by atoms with Gasteiger partial charge in [-0.3, -0.25) is 4.79 Å². The predicted molar refractivity (Wildman–Crippen MR) is 98.4 cm³/mol. The molecule has 0 saturated carbocycles. The Kier molecular flexibility index (Phi) is 3.35. The van der Waals surface area contributed by atoms with Gasteiger partial charge in [0.05, 0.1) is 21.9 Å². The van der Waals surface area contributed by atoms with Gasteiger partial charge in [-0.15, -0.1) is 0 Å². The summed E-state index contributed by atoms with van der Waals surface area (Å²) in [6, 6.07) is 14.9. The molecule has 0 aliphatic rings. The number of hydrogen-bond donors (Lipinski definition) is 2. The van der Waals surface area contributed by atoms with Gasteiger partial charge in [-0.25, -0.2) is 9.97 Å². The third kappa shape index (κ3) is 2.35. The van der Waals surface area contributed by atoms with Crippen LogP contribution in [0, 0.1) is 0 Å². The first kappa shape index (κ1) is 14.5. The number of H-pyrrole nitrogens is 1. The van der Waals surface area contributed by atoms with Gasteiger partial charge in [-0.05, 0) is 24.3 Å². The third-order valence-electron chi connectivity index (χ3n) is 3.84. The van der Waals surface area contributed by atoms with Crippen LogP contribution in [0.4, 0.5) is 5.95 Å². The van der Waals surface area contributed by atoms with E-state index in [9.17, 15) is 4.79 Å². The van der Waals surface area contributed by atoms with Crippen molar-refractivity contribution in [1.82, 2.24) is 19.5 Å². The van der Waals surface area contributed by atoms with Crippen molar-refractivity contribution < 1.29 is 0 Å². The SMILES string of the molecule is Cn1c(NC(=S)c2nc3ccccc3c(=O)[nH]2)nc2ccccc21. The Morgan fingerprint density at radius 1 is 1.08 bits per heavy atom. The Labute approximate surface area is 142 Å². The fourth-order valence-electron chi connectivity index (χ4n) is 2.61. The molecule has 0 atom stereocenters. The summed E-state index contributed by atoms with van der Waals surface area (Å²) in [7, 11) is 1.90. The van der Waals surface area contributed by atoms with Crippen molar-refractivity contribution in [3.05, 3.63) is 64.7 Å². The molecule has 2 heterocycles. The van der Waals surface area contributed by atoms with Crippen LogP contribution in [0.2, 0.25) is 0 Å². The van der Waals surface area contributed by atoms with Gasteiger partial charge in [0.2, 0.25) is 5.95 Å². The van der Waals surface area contributed by atoms with Crippen LogP contribution in [0.25, 0.3) is 21.9 Å². The van der Waals surface area contributed by atoms with Crippen LogP contribution in [0.15, 0.2) is 53.3 Å². The topological polar surface area (TPSA) is 75.6 Å². The number of rotatable bonds is 2. The molecule has 7 heteroatoms. The first-order chi connectivity index (χ1) is 11.6. The average Bonchev–Trinajstić information content (AvgIpc) is 2.91. The highest BCUT2D eigenvalue weighted by atomic mass is 32.1. The van der Waals surface area contributed by atoms with Crippen LogP contribution in [-0.4, -0.2) is 24.5 Å². The van der Waals surface area contributed by atoms with Crippen molar-refractivity contribution in [1.29, 1.82) is 0 Å². The van der Waals surface area contributed by atoms with Gasteiger partial charge >= 0.3 is 0 Å². The zero-order chi connectivity index (χ0) is 16.7. The van der Waals surface area contributed by atoms with Gasteiger partial charge in [0.1, 0.15) is 4.99 Å². The standard InChI is InChI=1S/C17H13N5OS/c1-22-13-9-5-4-8-12(13)19-17(22)21-16(24)14-18-11-7-3-2-6-10(11)15(23)20-14/h2-9H,1H3,(H,18,20,23)(H,19,21,24). The lowest BCUT2D eigenvalue weighted by atomic mass is 10.2. The quantitative estimate of drug-likeness (QED) is 0.551. The molecule has 0 radical (unpaired) electrons. The van der Waals surface area contributed by atoms with Gasteiger partial charge < -0.3 is 14.9 Å². The van der Waals surface area contributed by atoms with Gasteiger partial charge in [-0.1, -0.05) is 36.5 Å². The lowest BCUT2D eigenvalue weighted by molar-refractivity contribution is 0.961. The maximum absolute atomic E-state index is 12.2. The van der Waals surface area contributed by atoms with Crippen molar-refractivity contribution in [3.63, 3.8) is 0 Å². The Hall–Kier alpha value is -3.06. The minimum Gasteiger partial charge on any atom is -0.313 e. The van der Waals surface area contributed by atoms with Gasteiger partial charge in [0, 0.05) is 7.05 Å². The van der Waals surface area contributed by atoms with E-state index in [2.05, 4.69) is 20.3 Å². The normalized spacial score (nSPS) is 11.0. The van der Waals surface area contributed by atoms with Gasteiger partial charge in [0.15, 0.2) is 5.82 Å². The van der Waals surface area contributed by atoms with Crippen LogP contribution < -0.4 is 10.9 Å². The summed E-state index contributed by atoms with van der Waals surface area (Å²) in [6.07, 6.45) is 0. The van der Waals surface area contributed by atoms with E-state index >= 15 is 0 Å². The van der Waals surface area contributed by atoms with E-state index in [0.29, 0.717) is 27.7 Å². The van der Waals surface area contributed by atoms with E-state index in [4.69, 9.17) is 12.2 Å². The zero-order valence-corrected chi connectivity index (χ0v) is 13.6. The van der Waals surface area contributed by atoms with E-state index in [1.54, 1.807) is 18.2 Å². The summed E-state index contributed by atoms with van der Waals surface area (Å²) >= 11 is 5.39. The van der Waals surface area contributed by atoms with Crippen molar-refractivity contribution in [3.8, 4) is 0 Å². The van der Waals surface area contributed by atoms with Crippen molar-refractivity contribution in [2.75, 3.05) is 5.32 Å². The molecule has 0 spiro atoms. The van der Waals surface area contributed by atoms with E-state index in [0.717, 1.165) is 11.0 Å². The molecule has 6 nitrogen and oxygen atoms in total. The number of aromatic nitrogens is 4. The summed E-state index contributed by atoms with van der Waals surface area (Å²) in [4.78, 5) is 24.1. The summed E-state index contributed by atoms with van der Waals surface area (Å²) in [5, 5.41) is 3.59. The second-order valence-electron chi connectivity index (χ2n) is 5.37. The Morgan fingerprint density at radius 3 is 2.58 bits per heavy atom. The molecule has 24 heavy (non-hydrogen) atoms. The van der Waals surface area contributed by atoms with Crippen LogP contribution in [0.1, 0.15) is 5.82 Å². The monoisotopic (exact) mass is 335 g/mol. The number of aromatic amines is 1. The Morgan fingerprint density at radius 2 is 1.79 bits per heavy atom. The number of para-hydroxylation sites is 3. The Bertz CT molecular complexity index is 1140. The molecule has 118 valence electrons. The lowest BCUT2D eigenvalue weighted by Gasteiger charge is -2.07. The first-order valence-corrected chi connectivity index (χ1v) is 7.76. The molecule has 0 aliphatic carbocycles. The maximum atomic E-state index is 12.2. The van der Waals surface area contributed by atoms with Crippen LogP contribution in [-0.2, 0) is 7.05 Å². The number of nitrogens with one attached hydrogen (secondary N) is 2. The highest BCUT2D eigenvalue weighted by molar-refractivity contribution is 7.81. The van der Waals surface area contributed by atoms with Crippen molar-refractivity contribution in [2.45, 2.75) is 0 Å². The lowest BCUT2D eigenvalue weighted by Crippen LogP contribution is -2.21. The molecule has 0 saturated heterocycles. The smallest absolute Gasteiger partial charge is 0.259 e. The number of thiocarbonyl (C=S) groups is 1. The van der Waals surface area contributed by atoms with Gasteiger partial charge in [-0.2, -0.15) is 0 Å². The van der Waals surface area contributed by atoms with Crippen LogP contribution >= 0.6 is 12.2 Å². The summed E-state index contributed by atoms with van der Waals surface area (Å²) in [6.45, 7) is 0. The molecule has 0 unspecified atom stereocenters. The number of fused-ring (bicyclic) bond motifs is 2. The summed E-state index contributed by atoms with van der Waals surface area (Å²) < 4.78 is 1.90. The molecule has 2 aromatic carbocycles. The van der Waals surface area contributed by atoms with Crippen molar-refractivity contribution >= 4 is 45.1 Å². The number of hydrogen-bond acceptors (Lipinski definition) is 4. The molecule has 0 amide bonds. The van der Waals surface area contributed by atoms with E-state index in [1.165, 1.54) is 0 Å². The fourth-order valence-corrected chi connectivity index (χ4v) is 2.80. The number of anilines is 1. The van der Waals surface area contributed by atoms with E-state index in [-0.39, 0.29) is 5.56 Å². The number of aryl methyl sites for hydroxylation is 1. The molecule has 2 N–H and O–H groups in total. The molecule has 2 aromatic heterocycles. The molecule has 0 bridgehead atoms. The first-order valence-electron chi connectivity index (χ1n) is 7.35. The number of nitrogens with zero attached hydrogens (tertiary/aromatic N) is 3. The Balaban J connectivity index is 1.73. The number of imidazole rings is 1. The van der Waals surface area contributed by atoms with E-state index < -0.39 is 0 Å². The second-order valence-corrected chi connectivity index (χ2v) is 5.78. The molecule has 0 aliphatic heterocycles.